The van der Waals surface area contributed by atoms with Crippen molar-refractivity contribution in [2.75, 3.05) is 18.1 Å². The molecule has 6 heteroatoms. The quantitative estimate of drug-likeness (QED) is 0.513. The lowest BCUT2D eigenvalue weighted by molar-refractivity contribution is -0.121. The normalized spacial score (nSPS) is 11.0. The van der Waals surface area contributed by atoms with E-state index in [1.165, 1.54) is 12.2 Å². The van der Waals surface area contributed by atoms with E-state index < -0.39 is 0 Å². The van der Waals surface area contributed by atoms with Crippen molar-refractivity contribution in [3.05, 3.63) is 53.6 Å². The van der Waals surface area contributed by atoms with Crippen molar-refractivity contribution in [3.8, 4) is 11.3 Å². The number of thioether (sulfide) groups is 1. The zero-order valence-corrected chi connectivity index (χ0v) is 17.0. The van der Waals surface area contributed by atoms with E-state index in [9.17, 15) is 4.79 Å². The predicted molar refractivity (Wildman–Crippen MR) is 115 cm³/mol. The monoisotopic (exact) mass is 401 g/mol. The van der Waals surface area contributed by atoms with E-state index in [-0.39, 0.29) is 12.5 Å². The summed E-state index contributed by atoms with van der Waals surface area (Å²) in [4.78, 5) is 12.4. The molecule has 0 fully saturated rings. The number of aromatic nitrogens is 2. The Bertz CT molecular complexity index is 895. The van der Waals surface area contributed by atoms with Gasteiger partial charge in [-0.05, 0) is 42.5 Å². The molecule has 3 rings (SSSR count). The van der Waals surface area contributed by atoms with E-state index in [1.54, 1.807) is 4.68 Å². The van der Waals surface area contributed by atoms with Crippen LogP contribution in [0.25, 0.3) is 22.2 Å². The fourth-order valence-corrected chi connectivity index (χ4v) is 3.93. The molecular formula is C21H24ClN3OS. The van der Waals surface area contributed by atoms with Crippen molar-refractivity contribution in [1.82, 2.24) is 15.1 Å². The molecular weight excluding hydrogens is 378 g/mol. The van der Waals surface area contributed by atoms with Crippen LogP contribution >= 0.6 is 23.4 Å². The summed E-state index contributed by atoms with van der Waals surface area (Å²) in [6.45, 7) is 3.08. The van der Waals surface area contributed by atoms with Crippen LogP contribution in [-0.2, 0) is 11.3 Å². The Hall–Kier alpha value is -1.98. The summed E-state index contributed by atoms with van der Waals surface area (Å²) in [6, 6.07) is 15.6. The van der Waals surface area contributed by atoms with Crippen LogP contribution in [0.5, 0.6) is 0 Å². The first-order valence-corrected chi connectivity index (χ1v) is 10.8. The van der Waals surface area contributed by atoms with Crippen molar-refractivity contribution in [2.24, 2.45) is 0 Å². The van der Waals surface area contributed by atoms with Gasteiger partial charge in [-0.1, -0.05) is 48.9 Å². The summed E-state index contributed by atoms with van der Waals surface area (Å²) in [7, 11) is 0. The summed E-state index contributed by atoms with van der Waals surface area (Å²) in [5.41, 5.74) is 2.76. The lowest BCUT2D eigenvalue weighted by Gasteiger charge is -2.06. The zero-order valence-electron chi connectivity index (χ0n) is 15.5. The Kier molecular flexibility index (Phi) is 7.18. The first-order chi connectivity index (χ1) is 13.2. The van der Waals surface area contributed by atoms with Crippen molar-refractivity contribution in [3.63, 3.8) is 0 Å². The predicted octanol–water partition coefficient (Wildman–Crippen LogP) is 5.01. The molecule has 0 atom stereocenters. The molecule has 0 aliphatic carbocycles. The molecule has 3 aromatic rings. The van der Waals surface area contributed by atoms with Gasteiger partial charge in [-0.25, -0.2) is 0 Å². The fourth-order valence-electron chi connectivity index (χ4n) is 2.92. The molecule has 2 aromatic carbocycles. The number of carbonyl (C=O) groups excluding carboxylic acids is 1. The van der Waals surface area contributed by atoms with Crippen molar-refractivity contribution in [1.29, 1.82) is 0 Å². The zero-order chi connectivity index (χ0) is 19.1. The smallest absolute Gasteiger partial charge is 0.241 e. The number of nitrogens with one attached hydrogen (secondary N) is 1. The molecule has 0 unspecified atom stereocenters. The van der Waals surface area contributed by atoms with Crippen LogP contribution in [0.2, 0.25) is 5.02 Å². The van der Waals surface area contributed by atoms with Crippen LogP contribution < -0.4 is 5.32 Å². The second-order valence-corrected chi connectivity index (χ2v) is 8.01. The number of hydrogen-bond acceptors (Lipinski definition) is 3. The third kappa shape index (κ3) is 5.27. The SMILES string of the molecule is CCCSCCCNC(=O)Cn1nc(-c2ccccc2)c2cc(Cl)ccc21. The van der Waals surface area contributed by atoms with Gasteiger partial charge in [0.05, 0.1) is 5.52 Å². The molecule has 27 heavy (non-hydrogen) atoms. The third-order valence-electron chi connectivity index (χ3n) is 4.19. The maximum atomic E-state index is 12.4. The number of hydrogen-bond donors (Lipinski definition) is 1. The molecule has 4 nitrogen and oxygen atoms in total. The summed E-state index contributed by atoms with van der Waals surface area (Å²) in [6.07, 6.45) is 2.18. The van der Waals surface area contributed by atoms with Gasteiger partial charge in [0.15, 0.2) is 0 Å². The summed E-state index contributed by atoms with van der Waals surface area (Å²) in [5.74, 6) is 2.24. The maximum Gasteiger partial charge on any atom is 0.241 e. The standard InChI is InChI=1S/C21H24ClN3OS/c1-2-12-27-13-6-11-23-20(26)15-25-19-10-9-17(22)14-18(19)21(24-25)16-7-4-3-5-8-16/h3-5,7-10,14H,2,6,11-13,15H2,1H3,(H,23,26). The molecule has 0 aliphatic rings. The van der Waals surface area contributed by atoms with Crippen LogP contribution in [0, 0.1) is 0 Å². The van der Waals surface area contributed by atoms with Crippen LogP contribution in [0.15, 0.2) is 48.5 Å². The number of fused-ring (bicyclic) bond motifs is 1. The highest BCUT2D eigenvalue weighted by atomic mass is 35.5. The van der Waals surface area contributed by atoms with Gasteiger partial charge < -0.3 is 5.32 Å². The van der Waals surface area contributed by atoms with Crippen LogP contribution in [0.3, 0.4) is 0 Å². The van der Waals surface area contributed by atoms with E-state index in [0.29, 0.717) is 11.6 Å². The molecule has 0 bridgehead atoms. The molecule has 0 aliphatic heterocycles. The number of benzene rings is 2. The van der Waals surface area contributed by atoms with E-state index >= 15 is 0 Å². The first kappa shape index (κ1) is 19.8. The molecule has 1 heterocycles. The lowest BCUT2D eigenvalue weighted by Crippen LogP contribution is -2.29. The highest BCUT2D eigenvalue weighted by Gasteiger charge is 2.14. The first-order valence-electron chi connectivity index (χ1n) is 9.25. The Labute approximate surface area is 169 Å². The van der Waals surface area contributed by atoms with E-state index in [0.717, 1.165) is 34.3 Å². The number of rotatable bonds is 9. The number of carbonyl (C=O) groups is 1. The minimum atomic E-state index is -0.0190. The van der Waals surface area contributed by atoms with E-state index in [2.05, 4.69) is 12.2 Å². The summed E-state index contributed by atoms with van der Waals surface area (Å²) in [5, 5.41) is 9.31. The lowest BCUT2D eigenvalue weighted by atomic mass is 10.1. The van der Waals surface area contributed by atoms with Gasteiger partial charge in [0.1, 0.15) is 12.2 Å². The van der Waals surface area contributed by atoms with Crippen molar-refractivity contribution < 1.29 is 4.79 Å². The molecule has 142 valence electrons. The third-order valence-corrected chi connectivity index (χ3v) is 5.70. The average molecular weight is 402 g/mol. The minimum Gasteiger partial charge on any atom is -0.354 e. The van der Waals surface area contributed by atoms with Gasteiger partial charge >= 0.3 is 0 Å². The van der Waals surface area contributed by atoms with Crippen LogP contribution in [-0.4, -0.2) is 33.7 Å². The van der Waals surface area contributed by atoms with E-state index in [1.807, 2.05) is 60.3 Å². The Morgan fingerprint density at radius 3 is 2.78 bits per heavy atom. The highest BCUT2D eigenvalue weighted by Crippen LogP contribution is 2.30. The van der Waals surface area contributed by atoms with Gasteiger partial charge in [-0.2, -0.15) is 16.9 Å². The van der Waals surface area contributed by atoms with Gasteiger partial charge in [-0.3, -0.25) is 9.48 Å². The topological polar surface area (TPSA) is 46.9 Å². The second kappa shape index (κ2) is 9.81. The van der Waals surface area contributed by atoms with Gasteiger partial charge in [0.2, 0.25) is 5.91 Å². The average Bonchev–Trinajstić information content (AvgIpc) is 3.02. The molecule has 0 saturated carbocycles. The van der Waals surface area contributed by atoms with Crippen molar-refractivity contribution >= 4 is 40.2 Å². The molecule has 0 radical (unpaired) electrons. The molecule has 0 saturated heterocycles. The van der Waals surface area contributed by atoms with Crippen LogP contribution in [0.4, 0.5) is 0 Å². The van der Waals surface area contributed by atoms with Crippen molar-refractivity contribution in [2.45, 2.75) is 26.3 Å². The number of amides is 1. The van der Waals surface area contributed by atoms with Gasteiger partial charge in [0, 0.05) is 22.5 Å². The van der Waals surface area contributed by atoms with E-state index in [4.69, 9.17) is 16.7 Å². The van der Waals surface area contributed by atoms with Gasteiger partial charge in [-0.15, -0.1) is 0 Å². The molecule has 1 amide bonds. The Balaban J connectivity index is 1.72. The van der Waals surface area contributed by atoms with Crippen LogP contribution in [0.1, 0.15) is 19.8 Å². The second-order valence-electron chi connectivity index (χ2n) is 6.35. The largest absolute Gasteiger partial charge is 0.354 e. The number of halogens is 1. The highest BCUT2D eigenvalue weighted by molar-refractivity contribution is 7.99. The minimum absolute atomic E-state index is 0.0190. The summed E-state index contributed by atoms with van der Waals surface area (Å²) >= 11 is 8.13. The van der Waals surface area contributed by atoms with Gasteiger partial charge in [0.25, 0.3) is 0 Å². The number of nitrogens with zero attached hydrogens (tertiary/aromatic N) is 2. The fraction of sp³-hybridized carbons (Fsp3) is 0.333. The molecule has 1 aromatic heterocycles. The maximum absolute atomic E-state index is 12.4. The summed E-state index contributed by atoms with van der Waals surface area (Å²) < 4.78 is 1.76. The molecule has 1 N–H and O–H groups in total. The Morgan fingerprint density at radius 2 is 2.00 bits per heavy atom. The Morgan fingerprint density at radius 1 is 1.19 bits per heavy atom. The molecule has 0 spiro atoms.